The van der Waals surface area contributed by atoms with Gasteiger partial charge in [-0.2, -0.15) is 0 Å². The number of nitrogens with zero attached hydrogens (tertiary/aromatic N) is 1. The second-order valence-electron chi connectivity index (χ2n) is 7.16. The van der Waals surface area contributed by atoms with Crippen molar-refractivity contribution in [2.75, 3.05) is 10.6 Å². The molecule has 158 valence electrons. The molecule has 2 unspecified atom stereocenters. The maximum absolute atomic E-state index is 13.5. The standard InChI is InChI=1S/C21H26ClFN2O3S/c1-6-20(21(26)24-15(4)16-8-7-13(2)14(3)11-16)25(29(5,27)28)17-9-10-19(23)18(22)12-17/h7-12,15,20H,6H2,1-5H3,(H,24,26). The maximum Gasteiger partial charge on any atom is 0.244 e. The van der Waals surface area contributed by atoms with Crippen molar-refractivity contribution in [3.05, 3.63) is 63.9 Å². The number of benzene rings is 2. The van der Waals surface area contributed by atoms with Gasteiger partial charge in [0.15, 0.2) is 0 Å². The van der Waals surface area contributed by atoms with Crippen LogP contribution in [0.5, 0.6) is 0 Å². The highest BCUT2D eigenvalue weighted by molar-refractivity contribution is 7.92. The molecule has 0 saturated heterocycles. The average Bonchev–Trinajstić information content (AvgIpc) is 2.63. The zero-order valence-electron chi connectivity index (χ0n) is 17.2. The molecule has 5 nitrogen and oxygen atoms in total. The van der Waals surface area contributed by atoms with E-state index in [1.54, 1.807) is 6.92 Å². The quantitative estimate of drug-likeness (QED) is 0.688. The number of rotatable bonds is 7. The van der Waals surface area contributed by atoms with E-state index in [1.807, 2.05) is 39.0 Å². The van der Waals surface area contributed by atoms with Crippen LogP contribution >= 0.6 is 11.6 Å². The van der Waals surface area contributed by atoms with Gasteiger partial charge in [0, 0.05) is 0 Å². The van der Waals surface area contributed by atoms with Crippen molar-refractivity contribution < 1.29 is 17.6 Å². The van der Waals surface area contributed by atoms with Gasteiger partial charge in [-0.1, -0.05) is 36.7 Å². The fourth-order valence-corrected chi connectivity index (χ4v) is 4.49. The molecule has 0 aliphatic carbocycles. The van der Waals surface area contributed by atoms with E-state index in [1.165, 1.54) is 12.1 Å². The summed E-state index contributed by atoms with van der Waals surface area (Å²) in [6.07, 6.45) is 1.24. The van der Waals surface area contributed by atoms with Crippen LogP contribution in [0.25, 0.3) is 0 Å². The van der Waals surface area contributed by atoms with E-state index in [-0.39, 0.29) is 23.2 Å². The lowest BCUT2D eigenvalue weighted by Crippen LogP contribution is -2.49. The minimum Gasteiger partial charge on any atom is -0.348 e. The second kappa shape index (κ2) is 9.13. The Hall–Kier alpha value is -2.12. The van der Waals surface area contributed by atoms with E-state index >= 15 is 0 Å². The molecule has 0 aliphatic heterocycles. The molecular weight excluding hydrogens is 415 g/mol. The van der Waals surface area contributed by atoms with Crippen molar-refractivity contribution in [3.63, 3.8) is 0 Å². The lowest BCUT2D eigenvalue weighted by atomic mass is 10.0. The maximum atomic E-state index is 13.5. The first-order valence-corrected chi connectivity index (χ1v) is 11.5. The minimum atomic E-state index is -3.83. The van der Waals surface area contributed by atoms with Gasteiger partial charge in [-0.15, -0.1) is 0 Å². The number of carbonyl (C=O) groups is 1. The molecule has 0 spiro atoms. The molecule has 0 radical (unpaired) electrons. The van der Waals surface area contributed by atoms with Crippen LogP contribution in [-0.2, 0) is 14.8 Å². The number of carbonyl (C=O) groups excluding carboxylic acids is 1. The summed E-state index contributed by atoms with van der Waals surface area (Å²) in [5.74, 6) is -1.10. The summed E-state index contributed by atoms with van der Waals surface area (Å²) in [5, 5.41) is 2.68. The zero-order chi connectivity index (χ0) is 21.9. The number of aryl methyl sites for hydroxylation is 2. The summed E-state index contributed by atoms with van der Waals surface area (Å²) in [5.41, 5.74) is 3.32. The van der Waals surface area contributed by atoms with Crippen molar-refractivity contribution in [1.29, 1.82) is 0 Å². The Balaban J connectivity index is 2.34. The Kier molecular flexibility index (Phi) is 7.30. The van der Waals surface area contributed by atoms with Crippen molar-refractivity contribution in [2.24, 2.45) is 0 Å². The topological polar surface area (TPSA) is 66.5 Å². The van der Waals surface area contributed by atoms with Crippen molar-refractivity contribution >= 4 is 33.2 Å². The van der Waals surface area contributed by atoms with Crippen LogP contribution in [-0.4, -0.2) is 26.6 Å². The molecule has 1 N–H and O–H groups in total. The molecular formula is C21H26ClFN2O3S. The Morgan fingerprint density at radius 2 is 1.83 bits per heavy atom. The largest absolute Gasteiger partial charge is 0.348 e. The van der Waals surface area contributed by atoms with Gasteiger partial charge in [0.05, 0.1) is 23.0 Å². The fourth-order valence-electron chi connectivity index (χ4n) is 3.11. The highest BCUT2D eigenvalue weighted by Crippen LogP contribution is 2.28. The average molecular weight is 441 g/mol. The minimum absolute atomic E-state index is 0.139. The molecule has 2 aromatic carbocycles. The third-order valence-electron chi connectivity index (χ3n) is 4.88. The van der Waals surface area contributed by atoms with Crippen LogP contribution in [0, 0.1) is 19.7 Å². The Morgan fingerprint density at radius 1 is 1.17 bits per heavy atom. The van der Waals surface area contributed by atoms with E-state index in [0.29, 0.717) is 0 Å². The van der Waals surface area contributed by atoms with Gasteiger partial charge in [-0.25, -0.2) is 12.8 Å². The van der Waals surface area contributed by atoms with Gasteiger partial charge in [-0.3, -0.25) is 9.10 Å². The van der Waals surface area contributed by atoms with E-state index < -0.39 is 27.8 Å². The molecule has 2 rings (SSSR count). The number of nitrogens with one attached hydrogen (secondary N) is 1. The van der Waals surface area contributed by atoms with E-state index in [9.17, 15) is 17.6 Å². The smallest absolute Gasteiger partial charge is 0.244 e. The van der Waals surface area contributed by atoms with Gasteiger partial charge < -0.3 is 5.32 Å². The van der Waals surface area contributed by atoms with Crippen LogP contribution in [0.15, 0.2) is 36.4 Å². The van der Waals surface area contributed by atoms with Gasteiger partial charge in [-0.05, 0) is 62.1 Å². The highest BCUT2D eigenvalue weighted by atomic mass is 35.5. The van der Waals surface area contributed by atoms with Crippen LogP contribution in [0.2, 0.25) is 5.02 Å². The summed E-state index contributed by atoms with van der Waals surface area (Å²) in [7, 11) is -3.83. The number of sulfonamides is 1. The Morgan fingerprint density at radius 3 is 2.34 bits per heavy atom. The number of hydrogen-bond donors (Lipinski definition) is 1. The number of anilines is 1. The van der Waals surface area contributed by atoms with Gasteiger partial charge >= 0.3 is 0 Å². The molecule has 0 heterocycles. The second-order valence-corrected chi connectivity index (χ2v) is 9.42. The van der Waals surface area contributed by atoms with Gasteiger partial charge in [0.1, 0.15) is 11.9 Å². The number of halogens is 2. The van der Waals surface area contributed by atoms with Crippen molar-refractivity contribution in [3.8, 4) is 0 Å². The van der Waals surface area contributed by atoms with Gasteiger partial charge in [0.25, 0.3) is 0 Å². The molecule has 2 atom stereocenters. The van der Waals surface area contributed by atoms with E-state index in [2.05, 4.69) is 5.32 Å². The Labute approximate surface area is 176 Å². The summed E-state index contributed by atoms with van der Waals surface area (Å²) >= 11 is 5.83. The normalized spacial score (nSPS) is 13.6. The third-order valence-corrected chi connectivity index (χ3v) is 6.35. The summed E-state index contributed by atoms with van der Waals surface area (Å²) in [4.78, 5) is 13.0. The zero-order valence-corrected chi connectivity index (χ0v) is 18.7. The van der Waals surface area contributed by atoms with E-state index in [4.69, 9.17) is 11.6 Å². The van der Waals surface area contributed by atoms with Gasteiger partial charge in [0.2, 0.25) is 15.9 Å². The summed E-state index contributed by atoms with van der Waals surface area (Å²) < 4.78 is 39.5. The molecule has 0 bridgehead atoms. The highest BCUT2D eigenvalue weighted by Gasteiger charge is 2.32. The van der Waals surface area contributed by atoms with E-state index in [0.717, 1.165) is 33.3 Å². The summed E-state index contributed by atoms with van der Waals surface area (Å²) in [6.45, 7) is 7.56. The molecule has 0 aliphatic rings. The first kappa shape index (κ1) is 23.2. The molecule has 29 heavy (non-hydrogen) atoms. The van der Waals surface area contributed by atoms with Crippen LogP contribution in [0.4, 0.5) is 10.1 Å². The monoisotopic (exact) mass is 440 g/mol. The molecule has 1 amide bonds. The number of amides is 1. The number of hydrogen-bond acceptors (Lipinski definition) is 3. The lowest BCUT2D eigenvalue weighted by molar-refractivity contribution is -0.122. The lowest BCUT2D eigenvalue weighted by Gasteiger charge is -2.31. The van der Waals surface area contributed by atoms with Crippen LogP contribution in [0.3, 0.4) is 0 Å². The molecule has 0 fully saturated rings. The Bertz CT molecular complexity index is 1010. The van der Waals surface area contributed by atoms with Crippen LogP contribution in [0.1, 0.15) is 43.0 Å². The summed E-state index contributed by atoms with van der Waals surface area (Å²) in [6, 6.07) is 8.18. The first-order valence-electron chi connectivity index (χ1n) is 9.27. The predicted molar refractivity (Wildman–Crippen MR) is 115 cm³/mol. The molecule has 0 aromatic heterocycles. The first-order chi connectivity index (χ1) is 13.5. The molecule has 8 heteroatoms. The van der Waals surface area contributed by atoms with Crippen LogP contribution < -0.4 is 9.62 Å². The van der Waals surface area contributed by atoms with Crippen molar-refractivity contribution in [2.45, 2.75) is 46.2 Å². The predicted octanol–water partition coefficient (Wildman–Crippen LogP) is 4.52. The van der Waals surface area contributed by atoms with Crippen molar-refractivity contribution in [1.82, 2.24) is 5.32 Å². The fraction of sp³-hybridized carbons (Fsp3) is 0.381. The SMILES string of the molecule is CCC(C(=O)NC(C)c1ccc(C)c(C)c1)N(c1ccc(F)c(Cl)c1)S(C)(=O)=O. The molecule has 0 saturated carbocycles. The third kappa shape index (κ3) is 5.48. The molecule has 2 aromatic rings.